The number of hydrogen-bond donors (Lipinski definition) is 2. The van der Waals surface area contributed by atoms with E-state index in [1.165, 1.54) is 10.8 Å². The maximum Gasteiger partial charge on any atom is 0.330 e. The molecule has 7 heteroatoms. The zero-order chi connectivity index (χ0) is 11.7. The van der Waals surface area contributed by atoms with Crippen molar-refractivity contribution >= 4 is 0 Å². The number of aromatic amines is 1. The van der Waals surface area contributed by atoms with E-state index in [0.29, 0.717) is 5.56 Å². The molecule has 1 fully saturated rings. The van der Waals surface area contributed by atoms with Crippen LogP contribution in [0.25, 0.3) is 0 Å². The van der Waals surface area contributed by atoms with E-state index in [1.807, 2.05) is 0 Å². The van der Waals surface area contributed by atoms with E-state index in [9.17, 15) is 9.59 Å². The van der Waals surface area contributed by atoms with Gasteiger partial charge in [0, 0.05) is 11.8 Å². The standard InChI is InChI=1S/C9H12N2O5/c1-5-2-11(9(14)10-8(5)13)6-4-15-7(3-12)16-6/h2,6-7,12H,3-4H2,1H3,(H,10,13,14)/t6?,7-/m0/s1. The summed E-state index contributed by atoms with van der Waals surface area (Å²) >= 11 is 0. The number of ether oxygens (including phenoxy) is 2. The van der Waals surface area contributed by atoms with E-state index in [4.69, 9.17) is 14.6 Å². The molecule has 1 aromatic heterocycles. The Kier molecular flexibility index (Phi) is 2.90. The minimum Gasteiger partial charge on any atom is -0.391 e. The Morgan fingerprint density at radius 2 is 2.38 bits per heavy atom. The lowest BCUT2D eigenvalue weighted by molar-refractivity contribution is -0.0993. The van der Waals surface area contributed by atoms with Gasteiger partial charge < -0.3 is 14.6 Å². The maximum atomic E-state index is 11.5. The van der Waals surface area contributed by atoms with Gasteiger partial charge in [-0.3, -0.25) is 14.3 Å². The van der Waals surface area contributed by atoms with Gasteiger partial charge in [-0.1, -0.05) is 0 Å². The summed E-state index contributed by atoms with van der Waals surface area (Å²) < 4.78 is 11.6. The summed E-state index contributed by atoms with van der Waals surface area (Å²) in [5.74, 6) is 0. The molecular formula is C9H12N2O5. The van der Waals surface area contributed by atoms with Gasteiger partial charge in [-0.2, -0.15) is 0 Å². The third-order valence-electron chi connectivity index (χ3n) is 2.34. The summed E-state index contributed by atoms with van der Waals surface area (Å²) in [6, 6.07) is 0. The number of nitrogens with zero attached hydrogens (tertiary/aromatic N) is 1. The number of rotatable bonds is 2. The molecule has 7 nitrogen and oxygen atoms in total. The minimum absolute atomic E-state index is 0.163. The molecule has 1 unspecified atom stereocenters. The number of aliphatic hydroxyl groups is 1. The predicted molar refractivity (Wildman–Crippen MR) is 53.0 cm³/mol. The lowest BCUT2D eigenvalue weighted by Gasteiger charge is -2.12. The summed E-state index contributed by atoms with van der Waals surface area (Å²) in [5, 5.41) is 8.80. The second-order valence-electron chi connectivity index (χ2n) is 3.51. The van der Waals surface area contributed by atoms with E-state index in [0.717, 1.165) is 0 Å². The molecule has 0 radical (unpaired) electrons. The third kappa shape index (κ3) is 1.92. The van der Waals surface area contributed by atoms with Crippen LogP contribution in [0, 0.1) is 6.92 Å². The molecular weight excluding hydrogens is 216 g/mol. The van der Waals surface area contributed by atoms with E-state index in [-0.39, 0.29) is 13.2 Å². The summed E-state index contributed by atoms with van der Waals surface area (Å²) in [5.41, 5.74) is -0.558. The van der Waals surface area contributed by atoms with Crippen molar-refractivity contribution < 1.29 is 14.6 Å². The first-order valence-corrected chi connectivity index (χ1v) is 4.82. The van der Waals surface area contributed by atoms with Gasteiger partial charge in [0.15, 0.2) is 12.5 Å². The highest BCUT2D eigenvalue weighted by molar-refractivity contribution is 5.01. The minimum atomic E-state index is -0.718. The van der Waals surface area contributed by atoms with Crippen molar-refractivity contribution in [3.05, 3.63) is 32.6 Å². The highest BCUT2D eigenvalue weighted by atomic mass is 16.7. The van der Waals surface area contributed by atoms with Crippen LogP contribution in [-0.2, 0) is 9.47 Å². The van der Waals surface area contributed by atoms with Gasteiger partial charge in [-0.25, -0.2) is 4.79 Å². The first-order chi connectivity index (χ1) is 7.61. The average molecular weight is 228 g/mol. The Bertz CT molecular complexity index is 491. The summed E-state index contributed by atoms with van der Waals surface area (Å²) in [7, 11) is 0. The second-order valence-corrected chi connectivity index (χ2v) is 3.51. The first-order valence-electron chi connectivity index (χ1n) is 4.82. The van der Waals surface area contributed by atoms with Crippen molar-refractivity contribution in [1.82, 2.24) is 9.55 Å². The number of aromatic nitrogens is 2. The number of hydrogen-bond acceptors (Lipinski definition) is 5. The van der Waals surface area contributed by atoms with Crippen molar-refractivity contribution in [2.45, 2.75) is 19.4 Å². The molecule has 0 aromatic carbocycles. The molecule has 1 saturated heterocycles. The molecule has 0 bridgehead atoms. The SMILES string of the molecule is Cc1cn(C2CO[C@H](CO)O2)c(=O)[nH]c1=O. The lowest BCUT2D eigenvalue weighted by Crippen LogP contribution is -2.34. The molecule has 2 N–H and O–H groups in total. The zero-order valence-corrected chi connectivity index (χ0v) is 8.67. The Labute approximate surface area is 90.2 Å². The molecule has 1 aromatic rings. The van der Waals surface area contributed by atoms with Crippen LogP contribution in [-0.4, -0.2) is 34.2 Å². The van der Waals surface area contributed by atoms with Crippen LogP contribution >= 0.6 is 0 Å². The normalized spacial score (nSPS) is 24.9. The van der Waals surface area contributed by atoms with Crippen LogP contribution in [0.2, 0.25) is 0 Å². The number of nitrogens with one attached hydrogen (secondary N) is 1. The predicted octanol–water partition coefficient (Wildman–Crippen LogP) is -1.29. The fourth-order valence-corrected chi connectivity index (χ4v) is 1.49. The molecule has 2 rings (SSSR count). The lowest BCUT2D eigenvalue weighted by atomic mass is 10.4. The van der Waals surface area contributed by atoms with Crippen LogP contribution in [0.15, 0.2) is 15.8 Å². The molecule has 16 heavy (non-hydrogen) atoms. The van der Waals surface area contributed by atoms with Gasteiger partial charge in [0.2, 0.25) is 0 Å². The highest BCUT2D eigenvalue weighted by Crippen LogP contribution is 2.18. The molecule has 2 atom stereocenters. The average Bonchev–Trinajstić information content (AvgIpc) is 2.71. The molecule has 1 aliphatic rings. The number of H-pyrrole nitrogens is 1. The zero-order valence-electron chi connectivity index (χ0n) is 8.67. The largest absolute Gasteiger partial charge is 0.391 e. The number of aliphatic hydroxyl groups excluding tert-OH is 1. The molecule has 2 heterocycles. The van der Waals surface area contributed by atoms with Crippen LogP contribution in [0.3, 0.4) is 0 Å². The number of aryl methyl sites for hydroxylation is 1. The quantitative estimate of drug-likeness (QED) is 0.656. The van der Waals surface area contributed by atoms with Gasteiger partial charge in [0.1, 0.15) is 0 Å². The summed E-state index contributed by atoms with van der Waals surface area (Å²) in [6.07, 6.45) is 0.0823. The smallest absolute Gasteiger partial charge is 0.330 e. The van der Waals surface area contributed by atoms with Crippen LogP contribution in [0.1, 0.15) is 11.8 Å². The van der Waals surface area contributed by atoms with Crippen molar-refractivity contribution in [2.24, 2.45) is 0 Å². The third-order valence-corrected chi connectivity index (χ3v) is 2.34. The van der Waals surface area contributed by atoms with Crippen LogP contribution in [0.4, 0.5) is 0 Å². The van der Waals surface area contributed by atoms with Gasteiger partial charge in [-0.15, -0.1) is 0 Å². The summed E-state index contributed by atoms with van der Waals surface area (Å²) in [6.45, 7) is 1.48. The first kappa shape index (κ1) is 11.1. The Morgan fingerprint density at radius 3 is 3.00 bits per heavy atom. The van der Waals surface area contributed by atoms with Crippen molar-refractivity contribution in [1.29, 1.82) is 0 Å². The fraction of sp³-hybridized carbons (Fsp3) is 0.556. The van der Waals surface area contributed by atoms with Crippen LogP contribution < -0.4 is 11.2 Å². The van der Waals surface area contributed by atoms with E-state index in [2.05, 4.69) is 4.98 Å². The van der Waals surface area contributed by atoms with E-state index in [1.54, 1.807) is 6.92 Å². The second kappa shape index (κ2) is 4.20. The van der Waals surface area contributed by atoms with Crippen molar-refractivity contribution in [3.8, 4) is 0 Å². The van der Waals surface area contributed by atoms with E-state index < -0.39 is 23.8 Å². The van der Waals surface area contributed by atoms with Gasteiger partial charge in [0.25, 0.3) is 5.56 Å². The topological polar surface area (TPSA) is 93.6 Å². The van der Waals surface area contributed by atoms with Gasteiger partial charge >= 0.3 is 5.69 Å². The Morgan fingerprint density at radius 1 is 1.62 bits per heavy atom. The van der Waals surface area contributed by atoms with Crippen LogP contribution in [0.5, 0.6) is 0 Å². The highest BCUT2D eigenvalue weighted by Gasteiger charge is 2.27. The maximum absolute atomic E-state index is 11.5. The Hall–Kier alpha value is -1.44. The molecule has 88 valence electrons. The van der Waals surface area contributed by atoms with E-state index >= 15 is 0 Å². The molecule has 0 saturated carbocycles. The molecule has 0 amide bonds. The van der Waals surface area contributed by atoms with Crippen molar-refractivity contribution in [2.75, 3.05) is 13.2 Å². The molecule has 1 aliphatic heterocycles. The molecule has 0 spiro atoms. The van der Waals surface area contributed by atoms with Crippen molar-refractivity contribution in [3.63, 3.8) is 0 Å². The fourth-order valence-electron chi connectivity index (χ4n) is 1.49. The van der Waals surface area contributed by atoms with Gasteiger partial charge in [-0.05, 0) is 6.92 Å². The monoisotopic (exact) mass is 228 g/mol. The molecule has 0 aliphatic carbocycles. The summed E-state index contributed by atoms with van der Waals surface area (Å²) in [4.78, 5) is 24.8. The van der Waals surface area contributed by atoms with Gasteiger partial charge in [0.05, 0.1) is 13.2 Å². The Balaban J connectivity index is 2.32.